The third-order valence-electron chi connectivity index (χ3n) is 6.08. The van der Waals surface area contributed by atoms with Gasteiger partial charge in [0.05, 0.1) is 10.8 Å². The van der Waals surface area contributed by atoms with Crippen LogP contribution in [-0.2, 0) is 14.8 Å². The molecule has 2 aliphatic rings. The van der Waals surface area contributed by atoms with Crippen molar-refractivity contribution in [2.45, 2.75) is 17.7 Å². The minimum absolute atomic E-state index is 0.0129. The molecule has 3 aromatic carbocycles. The largest absolute Gasteiger partial charge is 0.426 e. The van der Waals surface area contributed by atoms with Crippen LogP contribution in [0.2, 0.25) is 0 Å². The van der Waals surface area contributed by atoms with Crippen molar-refractivity contribution in [3.8, 4) is 5.75 Å². The standard InChI is InChI=1S/C27H23NO4S/c1-19-11-15-22(16-12-19)33(30,31)28-18-25-24(23-9-5-6-10-26(23)32-27(25)29)17-21(28)14-13-20-7-3-2-4-8-20/h2-17,24-25H,18H2,1H3/b14-13+/t24-,25-/m0/s1. The van der Waals surface area contributed by atoms with Gasteiger partial charge in [0.2, 0.25) is 0 Å². The number of sulfonamides is 1. The number of benzene rings is 3. The summed E-state index contributed by atoms with van der Waals surface area (Å²) >= 11 is 0. The second-order valence-electron chi connectivity index (χ2n) is 8.28. The highest BCUT2D eigenvalue weighted by Gasteiger charge is 2.43. The Bertz CT molecular complexity index is 1360. The van der Waals surface area contributed by atoms with Gasteiger partial charge in [-0.15, -0.1) is 0 Å². The number of ether oxygens (including phenoxy) is 1. The Hall–Kier alpha value is -3.64. The van der Waals surface area contributed by atoms with Crippen molar-refractivity contribution in [3.63, 3.8) is 0 Å². The number of carbonyl (C=O) groups excluding carboxylic acids is 1. The molecule has 0 saturated carbocycles. The number of hydrogen-bond donors (Lipinski definition) is 0. The molecule has 0 saturated heterocycles. The zero-order valence-corrected chi connectivity index (χ0v) is 18.9. The normalized spacial score (nSPS) is 20.1. The summed E-state index contributed by atoms with van der Waals surface area (Å²) in [5.41, 5.74) is 3.35. The average molecular weight is 458 g/mol. The van der Waals surface area contributed by atoms with E-state index in [0.717, 1.165) is 16.7 Å². The van der Waals surface area contributed by atoms with Crippen molar-refractivity contribution < 1.29 is 17.9 Å². The fraction of sp³-hybridized carbons (Fsp3) is 0.148. The summed E-state index contributed by atoms with van der Waals surface area (Å²) in [7, 11) is -3.88. The monoisotopic (exact) mass is 457 g/mol. The maximum atomic E-state index is 13.6. The molecule has 2 heterocycles. The molecule has 0 amide bonds. The van der Waals surface area contributed by atoms with Crippen LogP contribution >= 0.6 is 0 Å². The number of hydrogen-bond acceptors (Lipinski definition) is 4. The first-order valence-electron chi connectivity index (χ1n) is 10.8. The van der Waals surface area contributed by atoms with E-state index in [2.05, 4.69) is 0 Å². The first-order valence-corrected chi connectivity index (χ1v) is 12.2. The minimum atomic E-state index is -3.88. The van der Waals surface area contributed by atoms with E-state index in [0.29, 0.717) is 11.4 Å². The van der Waals surface area contributed by atoms with E-state index in [1.165, 1.54) is 4.31 Å². The fourth-order valence-electron chi connectivity index (χ4n) is 4.30. The van der Waals surface area contributed by atoms with Crippen molar-refractivity contribution >= 4 is 22.1 Å². The molecular formula is C27H23NO4S. The second kappa shape index (κ2) is 8.37. The molecule has 0 fully saturated rings. The van der Waals surface area contributed by atoms with Gasteiger partial charge in [-0.3, -0.25) is 9.10 Å². The molecule has 5 rings (SSSR count). The molecular weight excluding hydrogens is 434 g/mol. The van der Waals surface area contributed by atoms with Gasteiger partial charge in [-0.25, -0.2) is 8.42 Å². The quantitative estimate of drug-likeness (QED) is 0.412. The molecule has 0 aromatic heterocycles. The maximum absolute atomic E-state index is 13.6. The number of allylic oxidation sites excluding steroid dienone is 2. The smallest absolute Gasteiger partial charge is 0.317 e. The summed E-state index contributed by atoms with van der Waals surface area (Å²) < 4.78 is 34.2. The van der Waals surface area contributed by atoms with Gasteiger partial charge in [-0.05, 0) is 36.8 Å². The first-order chi connectivity index (χ1) is 15.9. The molecule has 0 bridgehead atoms. The Kier molecular flexibility index (Phi) is 5.38. The highest BCUT2D eigenvalue weighted by molar-refractivity contribution is 7.89. The Morgan fingerprint density at radius 2 is 1.61 bits per heavy atom. The number of para-hydroxylation sites is 1. The summed E-state index contributed by atoms with van der Waals surface area (Å²) in [6.45, 7) is 1.92. The van der Waals surface area contributed by atoms with Gasteiger partial charge in [0, 0.05) is 23.7 Å². The summed E-state index contributed by atoms with van der Waals surface area (Å²) in [6, 6.07) is 23.9. The molecule has 0 unspecified atom stereocenters. The maximum Gasteiger partial charge on any atom is 0.317 e. The predicted octanol–water partition coefficient (Wildman–Crippen LogP) is 4.92. The summed E-state index contributed by atoms with van der Waals surface area (Å²) in [5.74, 6) is -0.761. The predicted molar refractivity (Wildman–Crippen MR) is 127 cm³/mol. The minimum Gasteiger partial charge on any atom is -0.426 e. The van der Waals surface area contributed by atoms with Crippen LogP contribution in [0.5, 0.6) is 5.75 Å². The Labute approximate surface area is 193 Å². The zero-order valence-electron chi connectivity index (χ0n) is 18.1. The van der Waals surface area contributed by atoms with Crippen LogP contribution < -0.4 is 4.74 Å². The number of carbonyl (C=O) groups is 1. The summed E-state index contributed by atoms with van der Waals surface area (Å²) in [6.07, 6.45) is 5.56. The van der Waals surface area contributed by atoms with Gasteiger partial charge in [-0.1, -0.05) is 78.4 Å². The fourth-order valence-corrected chi connectivity index (χ4v) is 5.79. The lowest BCUT2D eigenvalue weighted by Crippen LogP contribution is -2.45. The number of rotatable bonds is 4. The zero-order chi connectivity index (χ0) is 23.0. The lowest BCUT2D eigenvalue weighted by molar-refractivity contribution is -0.141. The molecule has 0 N–H and O–H groups in total. The van der Waals surface area contributed by atoms with Gasteiger partial charge in [-0.2, -0.15) is 0 Å². The molecule has 2 aliphatic heterocycles. The van der Waals surface area contributed by atoms with Crippen LogP contribution in [0, 0.1) is 12.8 Å². The molecule has 0 spiro atoms. The van der Waals surface area contributed by atoms with Crippen molar-refractivity contribution in [2.75, 3.05) is 6.54 Å². The van der Waals surface area contributed by atoms with Gasteiger partial charge in [0.25, 0.3) is 10.0 Å². The molecule has 2 atom stereocenters. The number of aryl methyl sites for hydroxylation is 1. The third-order valence-corrected chi connectivity index (χ3v) is 7.89. The molecule has 166 valence electrons. The van der Waals surface area contributed by atoms with Gasteiger partial charge < -0.3 is 4.74 Å². The molecule has 5 nitrogen and oxygen atoms in total. The number of nitrogens with zero attached hydrogens (tertiary/aromatic N) is 1. The van der Waals surface area contributed by atoms with Crippen LogP contribution in [0.4, 0.5) is 0 Å². The van der Waals surface area contributed by atoms with Gasteiger partial charge in [0.15, 0.2) is 0 Å². The van der Waals surface area contributed by atoms with Crippen LogP contribution in [0.3, 0.4) is 0 Å². The highest BCUT2D eigenvalue weighted by Crippen LogP contribution is 2.43. The van der Waals surface area contributed by atoms with E-state index in [1.54, 1.807) is 36.4 Å². The molecule has 6 heteroatoms. The third kappa shape index (κ3) is 3.98. The SMILES string of the molecule is Cc1ccc(S(=O)(=O)N2C[C@@H]3C(=O)Oc4ccccc4[C@@H]3C=C2/C=C/c2ccccc2)cc1. The lowest BCUT2D eigenvalue weighted by Gasteiger charge is -2.39. The van der Waals surface area contributed by atoms with Gasteiger partial charge >= 0.3 is 5.97 Å². The molecule has 0 radical (unpaired) electrons. The Morgan fingerprint density at radius 1 is 0.909 bits per heavy atom. The second-order valence-corrected chi connectivity index (χ2v) is 10.1. The van der Waals surface area contributed by atoms with Crippen LogP contribution in [0.25, 0.3) is 6.08 Å². The van der Waals surface area contributed by atoms with Crippen LogP contribution in [0.1, 0.15) is 22.6 Å². The highest BCUT2D eigenvalue weighted by atomic mass is 32.2. The topological polar surface area (TPSA) is 63.7 Å². The summed E-state index contributed by atoms with van der Waals surface area (Å²) in [4.78, 5) is 13.0. The van der Waals surface area contributed by atoms with Crippen LogP contribution in [-0.4, -0.2) is 25.2 Å². The van der Waals surface area contributed by atoms with E-state index in [1.807, 2.05) is 67.6 Å². The lowest BCUT2D eigenvalue weighted by atomic mass is 9.81. The van der Waals surface area contributed by atoms with E-state index < -0.39 is 21.9 Å². The van der Waals surface area contributed by atoms with E-state index >= 15 is 0 Å². The average Bonchev–Trinajstić information content (AvgIpc) is 2.83. The van der Waals surface area contributed by atoms with E-state index in [9.17, 15) is 13.2 Å². The first kappa shape index (κ1) is 21.2. The van der Waals surface area contributed by atoms with Crippen molar-refractivity contribution in [1.82, 2.24) is 4.31 Å². The Morgan fingerprint density at radius 3 is 2.36 bits per heavy atom. The van der Waals surface area contributed by atoms with Crippen LogP contribution in [0.15, 0.2) is 102 Å². The molecule has 3 aromatic rings. The summed E-state index contributed by atoms with van der Waals surface area (Å²) in [5, 5.41) is 0. The van der Waals surface area contributed by atoms with Crippen molar-refractivity contribution in [2.24, 2.45) is 5.92 Å². The number of esters is 1. The van der Waals surface area contributed by atoms with Crippen molar-refractivity contribution in [3.05, 3.63) is 113 Å². The number of fused-ring (bicyclic) bond motifs is 3. The van der Waals surface area contributed by atoms with Gasteiger partial charge in [0.1, 0.15) is 5.75 Å². The van der Waals surface area contributed by atoms with E-state index in [4.69, 9.17) is 4.74 Å². The van der Waals surface area contributed by atoms with E-state index in [-0.39, 0.29) is 17.4 Å². The van der Waals surface area contributed by atoms with Crippen molar-refractivity contribution in [1.29, 1.82) is 0 Å². The molecule has 0 aliphatic carbocycles. The Balaban J connectivity index is 1.62. The molecule has 33 heavy (non-hydrogen) atoms.